The van der Waals surface area contributed by atoms with Crippen molar-refractivity contribution in [3.8, 4) is 0 Å². The lowest BCUT2D eigenvalue weighted by Gasteiger charge is -2.17. The Balaban J connectivity index is 0.000000383. The SMILES string of the molecule is CCOC(=O)C1CC(O)C[N+]1=c1sccs1.[O-][Cl+3]([O-])([O-])[O-]. The highest BCUT2D eigenvalue weighted by atomic mass is 35.7. The smallest absolute Gasteiger partial charge is 0.375 e. The number of esters is 1. The summed E-state index contributed by atoms with van der Waals surface area (Å²) in [5.74, 6) is -0.236. The van der Waals surface area contributed by atoms with Gasteiger partial charge in [0.15, 0.2) is 6.54 Å². The van der Waals surface area contributed by atoms with E-state index in [4.69, 9.17) is 23.4 Å². The van der Waals surface area contributed by atoms with Crippen LogP contribution in [-0.2, 0) is 9.53 Å². The molecule has 1 aromatic rings. The van der Waals surface area contributed by atoms with Crippen molar-refractivity contribution in [3.63, 3.8) is 0 Å². The second kappa shape index (κ2) is 8.15. The number of halogens is 1. The third-order valence-electron chi connectivity index (χ3n) is 2.47. The standard InChI is InChI=1S/C10H14NO3S2.ClHO4/c1-2-14-9(13)8-5-7(12)6-11(8)10-15-3-4-16-10;2-1(3,4)5/h3-4,7-8,12H,2,5-6H2,1H3;(H,2,3,4,5)/q+1;/p-1. The van der Waals surface area contributed by atoms with Gasteiger partial charge in [-0.2, -0.15) is 4.58 Å². The molecule has 0 bridgehead atoms. The monoisotopic (exact) mass is 359 g/mol. The predicted molar refractivity (Wildman–Crippen MR) is 63.4 cm³/mol. The van der Waals surface area contributed by atoms with Crippen LogP contribution in [0.15, 0.2) is 10.8 Å². The maximum Gasteiger partial charge on any atom is 0.375 e. The van der Waals surface area contributed by atoms with Crippen LogP contribution in [0.5, 0.6) is 0 Å². The van der Waals surface area contributed by atoms with Gasteiger partial charge in [0, 0.05) is 10.8 Å². The van der Waals surface area contributed by atoms with Crippen molar-refractivity contribution in [3.05, 3.63) is 14.7 Å². The first kappa shape index (κ1) is 18.5. The number of hydrogen-bond donors (Lipinski definition) is 1. The van der Waals surface area contributed by atoms with Crippen molar-refractivity contribution < 1.29 is 43.5 Å². The third-order valence-corrected chi connectivity index (χ3v) is 4.63. The molecule has 2 atom stereocenters. The van der Waals surface area contributed by atoms with Crippen molar-refractivity contribution >= 4 is 28.6 Å². The summed E-state index contributed by atoms with van der Waals surface area (Å²) in [5, 5.41) is 13.6. The Morgan fingerprint density at radius 1 is 1.43 bits per heavy atom. The zero-order valence-electron chi connectivity index (χ0n) is 11.0. The molecule has 0 radical (unpaired) electrons. The van der Waals surface area contributed by atoms with E-state index in [1.807, 2.05) is 15.3 Å². The van der Waals surface area contributed by atoms with Crippen LogP contribution in [0.1, 0.15) is 13.3 Å². The number of β-amino-alcohol motifs (C(OH)–C–C–N with tert-alkyl or cyclic N) is 1. The van der Waals surface area contributed by atoms with Crippen molar-refractivity contribution in [1.82, 2.24) is 4.58 Å². The van der Waals surface area contributed by atoms with Gasteiger partial charge in [-0.25, -0.2) is 23.4 Å². The molecule has 1 fully saturated rings. The number of ether oxygens (including phenoxy) is 1. The maximum absolute atomic E-state index is 11.7. The van der Waals surface area contributed by atoms with Gasteiger partial charge < -0.3 is 9.84 Å². The first-order valence-electron chi connectivity index (χ1n) is 5.80. The normalized spacial score (nSPS) is 21.7. The van der Waals surface area contributed by atoms with Gasteiger partial charge in [0.25, 0.3) is 6.04 Å². The fraction of sp³-hybridized carbons (Fsp3) is 0.600. The number of rotatable bonds is 2. The van der Waals surface area contributed by atoms with Crippen molar-refractivity contribution in [2.75, 3.05) is 13.2 Å². The van der Waals surface area contributed by atoms with Gasteiger partial charge in [0.1, 0.15) is 6.10 Å². The van der Waals surface area contributed by atoms with E-state index in [1.165, 1.54) is 0 Å². The molecule has 1 aromatic heterocycles. The second-order valence-corrected chi connectivity index (χ2v) is 6.76. The molecule has 8 nitrogen and oxygen atoms in total. The Labute approximate surface area is 130 Å². The van der Waals surface area contributed by atoms with Gasteiger partial charge >= 0.3 is 9.95 Å². The molecular formula is C10H14ClNO7S2. The Morgan fingerprint density at radius 2 is 1.95 bits per heavy atom. The number of carbonyl (C=O) groups excluding carboxylic acids is 1. The Bertz CT molecular complexity index is 501. The van der Waals surface area contributed by atoms with Crippen LogP contribution in [0, 0.1) is 10.2 Å². The zero-order valence-corrected chi connectivity index (χ0v) is 13.4. The topological polar surface area (TPSA) is 142 Å². The number of carbonyl (C=O) groups is 1. The summed E-state index contributed by atoms with van der Waals surface area (Å²) in [4.78, 5) is 11.7. The van der Waals surface area contributed by atoms with Crippen LogP contribution in [0.25, 0.3) is 0 Å². The van der Waals surface area contributed by atoms with E-state index >= 15 is 0 Å². The molecule has 1 aliphatic rings. The van der Waals surface area contributed by atoms with Crippen LogP contribution in [0.2, 0.25) is 0 Å². The van der Waals surface area contributed by atoms with Gasteiger partial charge in [-0.1, -0.05) is 22.7 Å². The lowest BCUT2D eigenvalue weighted by molar-refractivity contribution is -2.00. The lowest BCUT2D eigenvalue weighted by Crippen LogP contribution is -2.68. The summed E-state index contributed by atoms with van der Waals surface area (Å²) < 4.78 is 42.0. The first-order valence-corrected chi connectivity index (χ1v) is 8.80. The molecule has 11 heteroatoms. The van der Waals surface area contributed by atoms with E-state index in [2.05, 4.69) is 0 Å². The molecule has 0 aliphatic carbocycles. The molecule has 1 N–H and O–H groups in total. The maximum atomic E-state index is 11.7. The quantitative estimate of drug-likeness (QED) is 0.414. The van der Waals surface area contributed by atoms with E-state index < -0.39 is 16.3 Å². The third kappa shape index (κ3) is 6.80. The minimum atomic E-state index is -4.94. The van der Waals surface area contributed by atoms with E-state index in [9.17, 15) is 9.90 Å². The van der Waals surface area contributed by atoms with Crippen molar-refractivity contribution in [2.24, 2.45) is 0 Å². The molecule has 2 heterocycles. The summed E-state index contributed by atoms with van der Waals surface area (Å²) >= 11 is 3.17. The van der Waals surface area contributed by atoms with Crippen molar-refractivity contribution in [2.45, 2.75) is 25.5 Å². The molecule has 0 saturated carbocycles. The summed E-state index contributed by atoms with van der Waals surface area (Å²) in [6.07, 6.45) is 0.0207. The van der Waals surface area contributed by atoms with Crippen molar-refractivity contribution in [1.29, 1.82) is 0 Å². The molecule has 0 aromatic carbocycles. The van der Waals surface area contributed by atoms with Gasteiger partial charge in [-0.3, -0.25) is 0 Å². The molecule has 2 rings (SSSR count). The van der Waals surface area contributed by atoms with Crippen LogP contribution in [0.4, 0.5) is 0 Å². The molecule has 1 saturated heterocycles. The molecule has 2 unspecified atom stereocenters. The van der Waals surface area contributed by atoms with Crippen LogP contribution in [0.3, 0.4) is 0 Å². The van der Waals surface area contributed by atoms with E-state index in [0.717, 1.165) is 3.98 Å². The Morgan fingerprint density at radius 3 is 2.43 bits per heavy atom. The highest BCUT2D eigenvalue weighted by Crippen LogP contribution is 2.13. The molecule has 0 spiro atoms. The molecule has 120 valence electrons. The van der Waals surface area contributed by atoms with E-state index in [0.29, 0.717) is 19.6 Å². The zero-order chi connectivity index (χ0) is 16.0. The fourth-order valence-corrected chi connectivity index (χ4v) is 3.72. The minimum Gasteiger partial charge on any atom is -0.461 e. The Kier molecular flexibility index (Phi) is 7.16. The van der Waals surface area contributed by atoms with Gasteiger partial charge in [-0.05, 0) is 6.92 Å². The highest BCUT2D eigenvalue weighted by molar-refractivity contribution is 7.24. The van der Waals surface area contributed by atoms with Crippen LogP contribution in [-0.4, -0.2) is 36.4 Å². The Hall–Kier alpha value is -0.590. The average Bonchev–Trinajstić information content (AvgIpc) is 2.95. The van der Waals surface area contributed by atoms with E-state index in [-0.39, 0.29) is 12.0 Å². The largest absolute Gasteiger partial charge is 0.461 e. The number of aliphatic hydroxyl groups is 1. The predicted octanol–water partition coefficient (Wildman–Crippen LogP) is -4.48. The number of aliphatic hydroxyl groups excluding tert-OH is 1. The van der Waals surface area contributed by atoms with Crippen LogP contribution >= 0.6 is 22.7 Å². The molecule has 1 aliphatic heterocycles. The molecule has 0 amide bonds. The minimum absolute atomic E-state index is 0.236. The van der Waals surface area contributed by atoms with Gasteiger partial charge in [-0.15, -0.1) is 10.2 Å². The lowest BCUT2D eigenvalue weighted by atomic mass is 10.2. The van der Waals surface area contributed by atoms with Gasteiger partial charge in [0.2, 0.25) is 0 Å². The molecule has 21 heavy (non-hydrogen) atoms. The van der Waals surface area contributed by atoms with E-state index in [1.54, 1.807) is 29.6 Å². The summed E-state index contributed by atoms with van der Waals surface area (Å²) in [7, 11) is -4.94. The summed E-state index contributed by atoms with van der Waals surface area (Å²) in [6.45, 7) is 2.69. The average molecular weight is 360 g/mol. The fourth-order valence-electron chi connectivity index (χ4n) is 1.81. The second-order valence-electron chi connectivity index (χ2n) is 3.96. The van der Waals surface area contributed by atoms with Crippen LogP contribution < -0.4 is 27.2 Å². The number of hydrogen-bond acceptors (Lipinski definition) is 9. The molecular weight excluding hydrogens is 346 g/mol. The first-order chi connectivity index (χ1) is 9.72. The summed E-state index contributed by atoms with van der Waals surface area (Å²) in [5.41, 5.74) is 0. The van der Waals surface area contributed by atoms with Gasteiger partial charge in [0.05, 0.1) is 13.0 Å². The highest BCUT2D eigenvalue weighted by Gasteiger charge is 2.42. The number of nitrogens with zero attached hydrogens (tertiary/aromatic N) is 1. The summed E-state index contributed by atoms with van der Waals surface area (Å²) in [6, 6.07) is -0.329.